The van der Waals surface area contributed by atoms with Gasteiger partial charge in [0.25, 0.3) is 0 Å². The number of para-hydroxylation sites is 2. The number of hydrogen-bond donors (Lipinski definition) is 3. The predicted molar refractivity (Wildman–Crippen MR) is 75.6 cm³/mol. The van der Waals surface area contributed by atoms with E-state index < -0.39 is 0 Å². The van der Waals surface area contributed by atoms with Gasteiger partial charge in [0.05, 0.1) is 12.8 Å². The van der Waals surface area contributed by atoms with Crippen molar-refractivity contribution in [3.8, 4) is 5.75 Å². The third-order valence-electron chi connectivity index (χ3n) is 3.50. The average molecular weight is 263 g/mol. The quantitative estimate of drug-likeness (QED) is 0.779. The molecular weight excluding hydrogens is 242 g/mol. The third-order valence-corrected chi connectivity index (χ3v) is 3.50. The predicted octanol–water partition coefficient (Wildman–Crippen LogP) is 1.81. The molecule has 1 fully saturated rings. The molecule has 19 heavy (non-hydrogen) atoms. The van der Waals surface area contributed by atoms with Gasteiger partial charge in [-0.1, -0.05) is 19.1 Å². The van der Waals surface area contributed by atoms with Crippen LogP contribution in [0, 0.1) is 5.92 Å². The van der Waals surface area contributed by atoms with Gasteiger partial charge in [0, 0.05) is 12.6 Å². The molecule has 5 nitrogen and oxygen atoms in total. The van der Waals surface area contributed by atoms with Crippen molar-refractivity contribution >= 4 is 11.7 Å². The van der Waals surface area contributed by atoms with Crippen LogP contribution in [0.25, 0.3) is 0 Å². The number of urea groups is 1. The van der Waals surface area contributed by atoms with Gasteiger partial charge in [-0.3, -0.25) is 0 Å². The molecule has 0 spiro atoms. The van der Waals surface area contributed by atoms with E-state index in [2.05, 4.69) is 22.9 Å². The highest BCUT2D eigenvalue weighted by molar-refractivity contribution is 5.91. The molecule has 3 N–H and O–H groups in total. The molecule has 104 valence electrons. The van der Waals surface area contributed by atoms with E-state index in [0.717, 1.165) is 19.5 Å². The number of amides is 2. The lowest BCUT2D eigenvalue weighted by Crippen LogP contribution is -2.51. The maximum atomic E-state index is 12.0. The van der Waals surface area contributed by atoms with E-state index in [0.29, 0.717) is 17.4 Å². The van der Waals surface area contributed by atoms with Crippen molar-refractivity contribution in [2.75, 3.05) is 25.5 Å². The SMILES string of the molecule is COc1ccccc1NC(=O)NC1CNCCC1C. The van der Waals surface area contributed by atoms with Gasteiger partial charge < -0.3 is 20.7 Å². The summed E-state index contributed by atoms with van der Waals surface area (Å²) in [6.45, 7) is 4.00. The first-order valence-electron chi connectivity index (χ1n) is 6.62. The number of nitrogens with one attached hydrogen (secondary N) is 3. The molecule has 2 rings (SSSR count). The molecule has 1 aliphatic heterocycles. The molecule has 2 amide bonds. The van der Waals surface area contributed by atoms with Crippen LogP contribution in [0.15, 0.2) is 24.3 Å². The normalized spacial score (nSPS) is 22.6. The van der Waals surface area contributed by atoms with E-state index >= 15 is 0 Å². The highest BCUT2D eigenvalue weighted by Gasteiger charge is 2.22. The molecule has 1 aliphatic rings. The zero-order chi connectivity index (χ0) is 13.7. The highest BCUT2D eigenvalue weighted by atomic mass is 16.5. The van der Waals surface area contributed by atoms with Crippen molar-refractivity contribution in [1.82, 2.24) is 10.6 Å². The number of hydrogen-bond acceptors (Lipinski definition) is 3. The van der Waals surface area contributed by atoms with Crippen LogP contribution in [-0.2, 0) is 0 Å². The number of methoxy groups -OCH3 is 1. The number of benzene rings is 1. The van der Waals surface area contributed by atoms with Crippen LogP contribution in [0.4, 0.5) is 10.5 Å². The maximum Gasteiger partial charge on any atom is 0.319 e. The number of anilines is 1. The summed E-state index contributed by atoms with van der Waals surface area (Å²) < 4.78 is 5.20. The lowest BCUT2D eigenvalue weighted by molar-refractivity contribution is 0.236. The molecule has 2 atom stereocenters. The van der Waals surface area contributed by atoms with Gasteiger partial charge in [-0.05, 0) is 31.0 Å². The second kappa shape index (κ2) is 6.43. The zero-order valence-electron chi connectivity index (χ0n) is 11.4. The minimum atomic E-state index is -0.190. The Morgan fingerprint density at radius 2 is 2.21 bits per heavy atom. The summed E-state index contributed by atoms with van der Waals surface area (Å²) in [6, 6.07) is 7.35. The van der Waals surface area contributed by atoms with Crippen LogP contribution in [0.5, 0.6) is 5.75 Å². The van der Waals surface area contributed by atoms with Crippen molar-refractivity contribution in [3.63, 3.8) is 0 Å². The molecule has 0 saturated carbocycles. The lowest BCUT2D eigenvalue weighted by Gasteiger charge is -2.30. The van der Waals surface area contributed by atoms with Gasteiger partial charge in [0.15, 0.2) is 0 Å². The molecule has 0 aromatic heterocycles. The smallest absolute Gasteiger partial charge is 0.319 e. The van der Waals surface area contributed by atoms with Gasteiger partial charge in [0.1, 0.15) is 5.75 Å². The Bertz CT molecular complexity index is 436. The summed E-state index contributed by atoms with van der Waals surface area (Å²) in [5, 5.41) is 9.12. The van der Waals surface area contributed by atoms with E-state index in [1.807, 2.05) is 24.3 Å². The van der Waals surface area contributed by atoms with Crippen LogP contribution in [-0.4, -0.2) is 32.3 Å². The highest BCUT2D eigenvalue weighted by Crippen LogP contribution is 2.22. The number of ether oxygens (including phenoxy) is 1. The number of rotatable bonds is 3. The molecule has 0 bridgehead atoms. The zero-order valence-corrected chi connectivity index (χ0v) is 11.4. The fraction of sp³-hybridized carbons (Fsp3) is 0.500. The molecule has 2 unspecified atom stereocenters. The number of carbonyl (C=O) groups excluding carboxylic acids is 1. The third kappa shape index (κ3) is 3.61. The van der Waals surface area contributed by atoms with E-state index in [1.54, 1.807) is 7.11 Å². The van der Waals surface area contributed by atoms with Crippen LogP contribution >= 0.6 is 0 Å². The summed E-state index contributed by atoms with van der Waals surface area (Å²) in [5.74, 6) is 1.15. The Labute approximate surface area is 113 Å². The fourth-order valence-corrected chi connectivity index (χ4v) is 2.26. The van der Waals surface area contributed by atoms with Crippen molar-refractivity contribution in [1.29, 1.82) is 0 Å². The summed E-state index contributed by atoms with van der Waals surface area (Å²) in [6.07, 6.45) is 1.08. The summed E-state index contributed by atoms with van der Waals surface area (Å²) in [7, 11) is 1.59. The molecule has 1 saturated heterocycles. The van der Waals surface area contributed by atoms with Crippen LogP contribution in [0.2, 0.25) is 0 Å². The Hall–Kier alpha value is -1.75. The molecule has 1 aromatic carbocycles. The first kappa shape index (κ1) is 13.7. The molecular formula is C14H21N3O2. The van der Waals surface area contributed by atoms with E-state index in [9.17, 15) is 4.79 Å². The first-order chi connectivity index (χ1) is 9.20. The second-order valence-corrected chi connectivity index (χ2v) is 4.88. The van der Waals surface area contributed by atoms with Crippen LogP contribution in [0.3, 0.4) is 0 Å². The van der Waals surface area contributed by atoms with Crippen molar-refractivity contribution in [2.45, 2.75) is 19.4 Å². The Morgan fingerprint density at radius 3 is 2.95 bits per heavy atom. The molecule has 1 aromatic rings. The second-order valence-electron chi connectivity index (χ2n) is 4.88. The van der Waals surface area contributed by atoms with Crippen molar-refractivity contribution in [3.05, 3.63) is 24.3 Å². The fourth-order valence-electron chi connectivity index (χ4n) is 2.26. The van der Waals surface area contributed by atoms with Crippen LogP contribution in [0.1, 0.15) is 13.3 Å². The van der Waals surface area contributed by atoms with E-state index in [-0.39, 0.29) is 12.1 Å². The summed E-state index contributed by atoms with van der Waals surface area (Å²) in [4.78, 5) is 12.0. The standard InChI is InChI=1S/C14H21N3O2/c1-10-7-8-15-9-12(10)17-14(18)16-11-5-3-4-6-13(11)19-2/h3-6,10,12,15H,7-9H2,1-2H3,(H2,16,17,18). The van der Waals surface area contributed by atoms with Gasteiger partial charge in [-0.2, -0.15) is 0 Å². The Balaban J connectivity index is 1.93. The number of piperidine rings is 1. The molecule has 1 heterocycles. The van der Waals surface area contributed by atoms with E-state index in [1.165, 1.54) is 0 Å². The monoisotopic (exact) mass is 263 g/mol. The molecule has 5 heteroatoms. The van der Waals surface area contributed by atoms with Gasteiger partial charge in [-0.25, -0.2) is 4.79 Å². The van der Waals surface area contributed by atoms with Crippen LogP contribution < -0.4 is 20.7 Å². The first-order valence-corrected chi connectivity index (χ1v) is 6.62. The Kier molecular flexibility index (Phi) is 4.63. The molecule has 0 aliphatic carbocycles. The van der Waals surface area contributed by atoms with Crippen molar-refractivity contribution in [2.24, 2.45) is 5.92 Å². The van der Waals surface area contributed by atoms with Crippen molar-refractivity contribution < 1.29 is 9.53 Å². The van der Waals surface area contributed by atoms with Gasteiger partial charge in [-0.15, -0.1) is 0 Å². The topological polar surface area (TPSA) is 62.4 Å². The summed E-state index contributed by atoms with van der Waals surface area (Å²) >= 11 is 0. The van der Waals surface area contributed by atoms with Gasteiger partial charge >= 0.3 is 6.03 Å². The van der Waals surface area contributed by atoms with E-state index in [4.69, 9.17) is 4.74 Å². The minimum absolute atomic E-state index is 0.170. The minimum Gasteiger partial charge on any atom is -0.495 e. The Morgan fingerprint density at radius 1 is 1.42 bits per heavy atom. The number of carbonyl (C=O) groups is 1. The largest absolute Gasteiger partial charge is 0.495 e. The lowest BCUT2D eigenvalue weighted by atomic mass is 9.95. The van der Waals surface area contributed by atoms with Gasteiger partial charge in [0.2, 0.25) is 0 Å². The molecule has 0 radical (unpaired) electrons. The summed E-state index contributed by atoms with van der Waals surface area (Å²) in [5.41, 5.74) is 0.680. The average Bonchev–Trinajstić information content (AvgIpc) is 2.42. The maximum absolute atomic E-state index is 12.0.